The largest absolute Gasteiger partial charge is 0.474 e. The van der Waals surface area contributed by atoms with Crippen molar-refractivity contribution < 1.29 is 4.74 Å². The van der Waals surface area contributed by atoms with E-state index in [2.05, 4.69) is 34.8 Å². The Morgan fingerprint density at radius 3 is 2.67 bits per heavy atom. The monoisotopic (exact) mass is 291 g/mol. The molecule has 0 N–H and O–H groups in total. The van der Waals surface area contributed by atoms with Gasteiger partial charge in [0.2, 0.25) is 5.88 Å². The van der Waals surface area contributed by atoms with Crippen molar-refractivity contribution in [2.45, 2.75) is 33.3 Å². The zero-order valence-electron chi connectivity index (χ0n) is 9.13. The third-order valence-corrected chi connectivity index (χ3v) is 2.67. The van der Waals surface area contributed by atoms with E-state index in [1.165, 1.54) is 0 Å². The van der Waals surface area contributed by atoms with Crippen LogP contribution in [-0.4, -0.2) is 11.1 Å². The molecule has 0 saturated carbocycles. The summed E-state index contributed by atoms with van der Waals surface area (Å²) >= 11 is 9.16. The van der Waals surface area contributed by atoms with E-state index in [9.17, 15) is 0 Å². The van der Waals surface area contributed by atoms with Gasteiger partial charge < -0.3 is 4.74 Å². The summed E-state index contributed by atoms with van der Waals surface area (Å²) in [6.45, 7) is 6.39. The molecule has 0 radical (unpaired) electrons. The fourth-order valence-corrected chi connectivity index (χ4v) is 2.12. The van der Waals surface area contributed by atoms with Crippen LogP contribution in [0.2, 0.25) is 5.02 Å². The van der Waals surface area contributed by atoms with Crippen LogP contribution in [0.25, 0.3) is 0 Å². The van der Waals surface area contributed by atoms with E-state index >= 15 is 0 Å². The molecule has 1 unspecified atom stereocenters. The third kappa shape index (κ3) is 4.39. The van der Waals surface area contributed by atoms with Gasteiger partial charge in [-0.2, -0.15) is 0 Å². The maximum Gasteiger partial charge on any atom is 0.228 e. The predicted molar refractivity (Wildman–Crippen MR) is 66.5 cm³/mol. The zero-order chi connectivity index (χ0) is 11.4. The average molecular weight is 293 g/mol. The predicted octanol–water partition coefficient (Wildman–Crippen LogP) is 4.31. The molecule has 1 aromatic heterocycles. The van der Waals surface area contributed by atoms with Crippen molar-refractivity contribution in [2.24, 2.45) is 5.92 Å². The minimum absolute atomic E-state index is 0.162. The van der Waals surface area contributed by atoms with Gasteiger partial charge in [-0.1, -0.05) is 25.4 Å². The molecule has 0 aromatic carbocycles. The van der Waals surface area contributed by atoms with E-state index in [1.54, 1.807) is 12.3 Å². The molecule has 1 rings (SSSR count). The Balaban J connectivity index is 2.64. The Morgan fingerprint density at radius 1 is 1.47 bits per heavy atom. The molecule has 0 fully saturated rings. The average Bonchev–Trinajstić information content (AvgIpc) is 2.08. The Hall–Kier alpha value is -0.280. The lowest BCUT2D eigenvalue weighted by Crippen LogP contribution is -2.15. The molecular weight excluding hydrogens is 277 g/mol. The minimum Gasteiger partial charge on any atom is -0.474 e. The molecule has 0 aliphatic carbocycles. The molecule has 1 atom stereocenters. The summed E-state index contributed by atoms with van der Waals surface area (Å²) in [6, 6.07) is 1.78. The number of nitrogens with zero attached hydrogens (tertiary/aromatic N) is 1. The first-order valence-electron chi connectivity index (χ1n) is 4.96. The van der Waals surface area contributed by atoms with Gasteiger partial charge in [0.15, 0.2) is 0 Å². The molecule has 84 valence electrons. The van der Waals surface area contributed by atoms with Crippen LogP contribution in [0, 0.1) is 5.92 Å². The molecule has 0 aliphatic rings. The second-order valence-corrected chi connectivity index (χ2v) is 5.29. The van der Waals surface area contributed by atoms with Crippen molar-refractivity contribution in [3.05, 3.63) is 21.8 Å². The summed E-state index contributed by atoms with van der Waals surface area (Å²) in [5.41, 5.74) is 0. The highest BCUT2D eigenvalue weighted by atomic mass is 79.9. The highest BCUT2D eigenvalue weighted by molar-refractivity contribution is 9.10. The third-order valence-electron chi connectivity index (χ3n) is 1.89. The maximum absolute atomic E-state index is 5.79. The van der Waals surface area contributed by atoms with Gasteiger partial charge in [-0.3, -0.25) is 0 Å². The van der Waals surface area contributed by atoms with E-state index in [0.717, 1.165) is 10.9 Å². The lowest BCUT2D eigenvalue weighted by atomic mass is 10.1. The summed E-state index contributed by atoms with van der Waals surface area (Å²) < 4.78 is 6.49. The number of aromatic nitrogens is 1. The van der Waals surface area contributed by atoms with Gasteiger partial charge in [-0.15, -0.1) is 0 Å². The van der Waals surface area contributed by atoms with Gasteiger partial charge in [0.25, 0.3) is 0 Å². The Labute approximate surface area is 104 Å². The lowest BCUT2D eigenvalue weighted by Gasteiger charge is -2.16. The molecule has 15 heavy (non-hydrogen) atoms. The summed E-state index contributed by atoms with van der Waals surface area (Å²) in [5, 5.41) is 0.603. The van der Waals surface area contributed by atoms with Gasteiger partial charge in [-0.25, -0.2) is 4.98 Å². The molecule has 1 heterocycles. The van der Waals surface area contributed by atoms with Crippen LogP contribution in [0.1, 0.15) is 27.2 Å². The molecule has 0 bridgehead atoms. The second kappa shape index (κ2) is 5.71. The molecular formula is C11H15BrClNO. The topological polar surface area (TPSA) is 22.1 Å². The van der Waals surface area contributed by atoms with Crippen LogP contribution < -0.4 is 4.74 Å². The highest BCUT2D eigenvalue weighted by Crippen LogP contribution is 2.26. The highest BCUT2D eigenvalue weighted by Gasteiger charge is 2.10. The van der Waals surface area contributed by atoms with Gasteiger partial charge in [0, 0.05) is 6.20 Å². The van der Waals surface area contributed by atoms with Crippen molar-refractivity contribution in [3.63, 3.8) is 0 Å². The molecule has 4 heteroatoms. The maximum atomic E-state index is 5.79. The van der Waals surface area contributed by atoms with E-state index in [1.807, 2.05) is 6.92 Å². The number of pyridine rings is 1. The second-order valence-electron chi connectivity index (χ2n) is 4.00. The van der Waals surface area contributed by atoms with Gasteiger partial charge >= 0.3 is 0 Å². The number of rotatable bonds is 4. The normalized spacial score (nSPS) is 12.9. The molecule has 0 saturated heterocycles. The Morgan fingerprint density at radius 2 is 2.13 bits per heavy atom. The van der Waals surface area contributed by atoms with Crippen LogP contribution in [0.15, 0.2) is 16.7 Å². The summed E-state index contributed by atoms with van der Waals surface area (Å²) in [4.78, 5) is 4.12. The quantitative estimate of drug-likeness (QED) is 0.825. The zero-order valence-corrected chi connectivity index (χ0v) is 11.5. The fraction of sp³-hybridized carbons (Fsp3) is 0.545. The van der Waals surface area contributed by atoms with Crippen LogP contribution in [-0.2, 0) is 0 Å². The first kappa shape index (κ1) is 12.8. The van der Waals surface area contributed by atoms with Gasteiger partial charge in [-0.05, 0) is 41.3 Å². The van der Waals surface area contributed by atoms with E-state index in [4.69, 9.17) is 16.3 Å². The summed E-state index contributed by atoms with van der Waals surface area (Å²) in [6.07, 6.45) is 2.76. The van der Waals surface area contributed by atoms with E-state index in [-0.39, 0.29) is 6.10 Å². The Bertz CT molecular complexity index is 330. The standard InChI is InChI=1S/C11H15BrClNO/c1-7(2)4-8(3)15-11-10(12)5-9(13)6-14-11/h5-8H,4H2,1-3H3. The number of ether oxygens (including phenoxy) is 1. The van der Waals surface area contributed by atoms with Gasteiger partial charge in [0.1, 0.15) is 0 Å². The number of halogens is 2. The van der Waals surface area contributed by atoms with E-state index in [0.29, 0.717) is 16.8 Å². The minimum atomic E-state index is 0.162. The fourth-order valence-electron chi connectivity index (χ4n) is 1.39. The summed E-state index contributed by atoms with van der Waals surface area (Å²) in [5.74, 6) is 1.22. The van der Waals surface area contributed by atoms with Crippen molar-refractivity contribution in [1.29, 1.82) is 0 Å². The van der Waals surface area contributed by atoms with Crippen LogP contribution in [0.4, 0.5) is 0 Å². The summed E-state index contributed by atoms with van der Waals surface area (Å²) in [7, 11) is 0. The van der Waals surface area contributed by atoms with Crippen molar-refractivity contribution in [1.82, 2.24) is 4.98 Å². The van der Waals surface area contributed by atoms with Crippen LogP contribution in [0.5, 0.6) is 5.88 Å². The van der Waals surface area contributed by atoms with Crippen molar-refractivity contribution in [3.8, 4) is 5.88 Å². The molecule has 0 aliphatic heterocycles. The molecule has 0 spiro atoms. The number of hydrogen-bond donors (Lipinski definition) is 0. The Kier molecular flexibility index (Phi) is 4.87. The van der Waals surface area contributed by atoms with Crippen LogP contribution in [0.3, 0.4) is 0 Å². The molecule has 0 amide bonds. The SMILES string of the molecule is CC(C)CC(C)Oc1ncc(Cl)cc1Br. The van der Waals surface area contributed by atoms with Crippen molar-refractivity contribution >= 4 is 27.5 Å². The smallest absolute Gasteiger partial charge is 0.228 e. The van der Waals surface area contributed by atoms with Gasteiger partial charge in [0.05, 0.1) is 15.6 Å². The molecule has 2 nitrogen and oxygen atoms in total. The van der Waals surface area contributed by atoms with E-state index < -0.39 is 0 Å². The van der Waals surface area contributed by atoms with Crippen molar-refractivity contribution in [2.75, 3.05) is 0 Å². The first-order chi connectivity index (χ1) is 6.99. The lowest BCUT2D eigenvalue weighted by molar-refractivity contribution is 0.184. The van der Waals surface area contributed by atoms with Crippen LogP contribution >= 0.6 is 27.5 Å². The first-order valence-corrected chi connectivity index (χ1v) is 6.14. The number of hydrogen-bond acceptors (Lipinski definition) is 2. The molecule has 1 aromatic rings.